The van der Waals surface area contributed by atoms with Crippen molar-refractivity contribution in [3.8, 4) is 5.75 Å². The minimum absolute atomic E-state index is 0.0823. The lowest BCUT2D eigenvalue weighted by Gasteiger charge is -2.51. The van der Waals surface area contributed by atoms with Crippen LogP contribution in [0.25, 0.3) is 10.9 Å². The van der Waals surface area contributed by atoms with E-state index >= 15 is 0 Å². The molecule has 2 fully saturated rings. The second kappa shape index (κ2) is 6.84. The summed E-state index contributed by atoms with van der Waals surface area (Å²) in [6, 6.07) is 14.1. The second-order valence-corrected chi connectivity index (χ2v) is 9.66. The number of piperidine rings is 1. The number of halogens is 1. The van der Waals surface area contributed by atoms with Crippen LogP contribution in [0, 0.1) is 17.7 Å². The van der Waals surface area contributed by atoms with E-state index in [4.69, 9.17) is 4.74 Å². The molecule has 3 aliphatic rings. The van der Waals surface area contributed by atoms with Gasteiger partial charge in [-0.1, -0.05) is 18.2 Å². The van der Waals surface area contributed by atoms with Crippen molar-refractivity contribution in [1.82, 2.24) is 9.88 Å². The van der Waals surface area contributed by atoms with Crippen LogP contribution in [0.4, 0.5) is 4.39 Å². The summed E-state index contributed by atoms with van der Waals surface area (Å²) < 4.78 is 20.3. The molecule has 2 heterocycles. The number of aromatic amines is 1. The van der Waals surface area contributed by atoms with Crippen LogP contribution in [0.2, 0.25) is 0 Å². The van der Waals surface area contributed by atoms with E-state index in [1.165, 1.54) is 36.2 Å². The van der Waals surface area contributed by atoms with Crippen LogP contribution in [0.3, 0.4) is 0 Å². The van der Waals surface area contributed by atoms with Gasteiger partial charge in [-0.25, -0.2) is 4.39 Å². The van der Waals surface area contributed by atoms with E-state index in [0.29, 0.717) is 5.92 Å². The van der Waals surface area contributed by atoms with Crippen molar-refractivity contribution >= 4 is 10.9 Å². The highest BCUT2D eigenvalue weighted by Crippen LogP contribution is 2.50. The Morgan fingerprint density at radius 3 is 2.90 bits per heavy atom. The highest BCUT2D eigenvalue weighted by atomic mass is 19.1. The first kappa shape index (κ1) is 18.4. The maximum atomic E-state index is 14.8. The van der Waals surface area contributed by atoms with Gasteiger partial charge in [0.25, 0.3) is 0 Å². The number of rotatable bonds is 4. The molecular formula is C26H29FN2O. The highest BCUT2D eigenvalue weighted by Gasteiger charge is 2.48. The monoisotopic (exact) mass is 404 g/mol. The number of likely N-dealkylation sites (tertiary alicyclic amines) is 1. The number of hydrogen-bond donors (Lipinski definition) is 1. The quantitative estimate of drug-likeness (QED) is 0.657. The molecule has 30 heavy (non-hydrogen) atoms. The number of methoxy groups -OCH3 is 1. The van der Waals surface area contributed by atoms with E-state index < -0.39 is 0 Å². The van der Waals surface area contributed by atoms with E-state index in [2.05, 4.69) is 28.1 Å². The number of aromatic nitrogens is 1. The normalized spacial score (nSPS) is 26.4. The molecule has 2 unspecified atom stereocenters. The summed E-state index contributed by atoms with van der Waals surface area (Å²) in [5, 5.41) is 0.811. The van der Waals surface area contributed by atoms with Crippen LogP contribution in [-0.2, 0) is 18.3 Å². The predicted octanol–water partition coefficient (Wildman–Crippen LogP) is 5.08. The van der Waals surface area contributed by atoms with Crippen LogP contribution >= 0.6 is 0 Å². The van der Waals surface area contributed by atoms with Gasteiger partial charge in [-0.3, -0.25) is 0 Å². The second-order valence-electron chi connectivity index (χ2n) is 9.66. The summed E-state index contributed by atoms with van der Waals surface area (Å²) in [6.45, 7) is 3.49. The Hall–Kier alpha value is -2.33. The van der Waals surface area contributed by atoms with Crippen LogP contribution in [0.5, 0.6) is 5.75 Å². The van der Waals surface area contributed by atoms with Gasteiger partial charge in [-0.15, -0.1) is 0 Å². The molecule has 1 N–H and O–H groups in total. The van der Waals surface area contributed by atoms with Crippen LogP contribution in [0.1, 0.15) is 36.1 Å². The fourth-order valence-electron chi connectivity index (χ4n) is 6.14. The standard InChI is InChI=1S/C26H29FN2O/c1-30-20-5-2-4-18(12-20)26-10-11-29(15-17-8-9-17)16-19(26)13-21-24(14-26)28-23-7-3-6-22(27)25(21)23/h2-7,12,17,19,28H,8-11,13-16H2,1H3. The molecule has 2 aromatic carbocycles. The number of H-pyrrole nitrogens is 1. The average molecular weight is 405 g/mol. The first-order chi connectivity index (χ1) is 14.7. The molecule has 0 radical (unpaired) electrons. The molecule has 0 amide bonds. The number of benzene rings is 2. The van der Waals surface area contributed by atoms with Crippen molar-refractivity contribution in [2.45, 2.75) is 37.5 Å². The number of nitrogens with zero attached hydrogens (tertiary/aromatic N) is 1. The van der Waals surface area contributed by atoms with Gasteiger partial charge in [0.1, 0.15) is 11.6 Å². The van der Waals surface area contributed by atoms with Crippen molar-refractivity contribution in [2.75, 3.05) is 26.7 Å². The predicted molar refractivity (Wildman–Crippen MR) is 118 cm³/mol. The van der Waals surface area contributed by atoms with Crippen molar-refractivity contribution in [1.29, 1.82) is 0 Å². The zero-order valence-electron chi connectivity index (χ0n) is 17.6. The molecule has 1 aliphatic heterocycles. The Morgan fingerprint density at radius 1 is 1.20 bits per heavy atom. The molecule has 4 heteroatoms. The van der Waals surface area contributed by atoms with Crippen molar-refractivity contribution < 1.29 is 9.13 Å². The number of ether oxygens (including phenoxy) is 1. The van der Waals surface area contributed by atoms with E-state index in [1.807, 2.05) is 18.2 Å². The van der Waals surface area contributed by atoms with E-state index in [-0.39, 0.29) is 11.2 Å². The van der Waals surface area contributed by atoms with Crippen LogP contribution < -0.4 is 4.74 Å². The van der Waals surface area contributed by atoms with Gasteiger partial charge in [-0.05, 0) is 85.9 Å². The first-order valence-corrected chi connectivity index (χ1v) is 11.3. The van der Waals surface area contributed by atoms with E-state index in [1.54, 1.807) is 13.2 Å². The Balaban J connectivity index is 1.45. The topological polar surface area (TPSA) is 28.3 Å². The first-order valence-electron chi connectivity index (χ1n) is 11.3. The summed E-state index contributed by atoms with van der Waals surface area (Å²) >= 11 is 0. The van der Waals surface area contributed by atoms with E-state index in [0.717, 1.165) is 54.9 Å². The molecule has 156 valence electrons. The molecule has 3 nitrogen and oxygen atoms in total. The summed E-state index contributed by atoms with van der Waals surface area (Å²) in [4.78, 5) is 6.26. The van der Waals surface area contributed by atoms with Gasteiger partial charge in [0.15, 0.2) is 0 Å². The summed E-state index contributed by atoms with van der Waals surface area (Å²) in [7, 11) is 1.74. The van der Waals surface area contributed by atoms with E-state index in [9.17, 15) is 4.39 Å². The van der Waals surface area contributed by atoms with Crippen LogP contribution in [-0.4, -0.2) is 36.6 Å². The highest BCUT2D eigenvalue weighted by molar-refractivity contribution is 5.85. The zero-order chi connectivity index (χ0) is 20.3. The molecule has 0 bridgehead atoms. The van der Waals surface area contributed by atoms with Gasteiger partial charge in [0.2, 0.25) is 0 Å². The van der Waals surface area contributed by atoms with Gasteiger partial charge in [0.05, 0.1) is 7.11 Å². The Morgan fingerprint density at radius 2 is 2.07 bits per heavy atom. The Bertz CT molecular complexity index is 1100. The van der Waals surface area contributed by atoms with Gasteiger partial charge in [0, 0.05) is 35.1 Å². The zero-order valence-corrected chi connectivity index (χ0v) is 17.6. The SMILES string of the molecule is COc1cccc(C23CCN(CC4CC4)CC2Cc2c([nH]c4cccc(F)c24)C3)c1. The third-order valence-electron chi connectivity index (χ3n) is 7.90. The molecule has 2 atom stereocenters. The number of nitrogens with one attached hydrogen (secondary N) is 1. The molecule has 1 saturated carbocycles. The fourth-order valence-corrected chi connectivity index (χ4v) is 6.14. The molecule has 1 aromatic heterocycles. The molecule has 3 aromatic rings. The summed E-state index contributed by atoms with van der Waals surface area (Å²) in [6.07, 6.45) is 5.81. The maximum absolute atomic E-state index is 14.8. The molecule has 6 rings (SSSR count). The third kappa shape index (κ3) is 2.88. The number of hydrogen-bond acceptors (Lipinski definition) is 2. The Kier molecular flexibility index (Phi) is 4.21. The van der Waals surface area contributed by atoms with Crippen LogP contribution in [0.15, 0.2) is 42.5 Å². The van der Waals surface area contributed by atoms with Crippen molar-refractivity contribution in [3.05, 3.63) is 65.1 Å². The lowest BCUT2D eigenvalue weighted by atomic mass is 9.58. The van der Waals surface area contributed by atoms with Gasteiger partial charge >= 0.3 is 0 Å². The lowest BCUT2D eigenvalue weighted by Crippen LogP contribution is -2.54. The van der Waals surface area contributed by atoms with Gasteiger partial charge < -0.3 is 14.6 Å². The van der Waals surface area contributed by atoms with Crippen molar-refractivity contribution in [2.24, 2.45) is 11.8 Å². The summed E-state index contributed by atoms with van der Waals surface area (Å²) in [5.74, 6) is 2.22. The fraction of sp³-hybridized carbons (Fsp3) is 0.462. The molecular weight excluding hydrogens is 375 g/mol. The maximum Gasteiger partial charge on any atom is 0.132 e. The smallest absolute Gasteiger partial charge is 0.132 e. The average Bonchev–Trinajstić information content (AvgIpc) is 3.50. The molecule has 2 aliphatic carbocycles. The van der Waals surface area contributed by atoms with Gasteiger partial charge in [-0.2, -0.15) is 0 Å². The van der Waals surface area contributed by atoms with Crippen molar-refractivity contribution in [3.63, 3.8) is 0 Å². The molecule has 1 saturated heterocycles. The molecule has 0 spiro atoms. The number of fused-ring (bicyclic) bond motifs is 4. The largest absolute Gasteiger partial charge is 0.497 e. The third-order valence-corrected chi connectivity index (χ3v) is 7.90. The lowest BCUT2D eigenvalue weighted by molar-refractivity contribution is 0.0782. The summed E-state index contributed by atoms with van der Waals surface area (Å²) in [5.41, 5.74) is 4.83. The minimum Gasteiger partial charge on any atom is -0.497 e. The Labute approximate surface area is 177 Å². The minimum atomic E-state index is -0.0930.